The Bertz CT molecular complexity index is 581. The Hall–Kier alpha value is -1.33. The van der Waals surface area contributed by atoms with Crippen LogP contribution < -0.4 is 5.43 Å². The maximum Gasteiger partial charge on any atom is 0.223 e. The summed E-state index contributed by atoms with van der Waals surface area (Å²) in [6.07, 6.45) is 0.843. The molecule has 1 heterocycles. The van der Waals surface area contributed by atoms with Crippen LogP contribution in [0.2, 0.25) is 0 Å². The fourth-order valence-corrected chi connectivity index (χ4v) is 3.40. The molecule has 0 atom stereocenters. The number of aliphatic hydroxyl groups excluding tert-OH is 1. The number of nitrogens with zero attached hydrogens (tertiary/aromatic N) is 2. The van der Waals surface area contributed by atoms with E-state index in [0.29, 0.717) is 17.9 Å². The fourth-order valence-electron chi connectivity index (χ4n) is 3.40. The number of hydrogen-bond donors (Lipinski definition) is 2. The molecule has 0 aliphatic carbocycles. The van der Waals surface area contributed by atoms with Crippen molar-refractivity contribution in [3.05, 3.63) is 27.7 Å². The number of aliphatic hydroxyl groups is 1. The van der Waals surface area contributed by atoms with Crippen LogP contribution in [-0.2, 0) is 18.7 Å². The largest absolute Gasteiger partial charge is 0.503 e. The van der Waals surface area contributed by atoms with Crippen LogP contribution in [0.15, 0.2) is 10.9 Å². The van der Waals surface area contributed by atoms with Gasteiger partial charge in [-0.25, -0.2) is 0 Å². The van der Waals surface area contributed by atoms with Crippen LogP contribution in [0.4, 0.5) is 0 Å². The topological polar surface area (TPSA) is 65.7 Å². The summed E-state index contributed by atoms with van der Waals surface area (Å²) in [5.41, 5.74) is 0.380. The Morgan fingerprint density at radius 3 is 2.14 bits per heavy atom. The van der Waals surface area contributed by atoms with Gasteiger partial charge in [0.1, 0.15) is 0 Å². The summed E-state index contributed by atoms with van der Waals surface area (Å²) in [6.45, 7) is 10.8. The van der Waals surface area contributed by atoms with Crippen molar-refractivity contribution in [1.29, 1.82) is 0 Å². The molecule has 0 saturated carbocycles. The number of rotatable bonds is 5. The van der Waals surface area contributed by atoms with Crippen molar-refractivity contribution in [2.24, 2.45) is 5.41 Å². The van der Waals surface area contributed by atoms with Crippen molar-refractivity contribution in [3.63, 3.8) is 0 Å². The van der Waals surface area contributed by atoms with E-state index in [4.69, 9.17) is 0 Å². The van der Waals surface area contributed by atoms with Crippen LogP contribution in [0.5, 0.6) is 5.75 Å². The molecule has 0 aromatic carbocycles. The maximum atomic E-state index is 12.0. The monoisotopic (exact) mass is 310 g/mol. The minimum absolute atomic E-state index is 0.0738. The first kappa shape index (κ1) is 18.7. The molecular formula is C17H30N2O3. The van der Waals surface area contributed by atoms with Gasteiger partial charge in [0.05, 0.1) is 12.3 Å². The number of pyridine rings is 1. The molecule has 1 rings (SSSR count). The molecule has 0 radical (unpaired) electrons. The van der Waals surface area contributed by atoms with Gasteiger partial charge in [0.15, 0.2) is 5.75 Å². The standard InChI is InChI=1S/C17H30N2O3/c1-16(2,3)11-17(4,5)19-12(10-20)8-14(21)15(22)13(19)9-18(6)7/h8,20,22H,9-11H2,1-7H3. The number of aromatic hydroxyl groups is 1. The molecule has 5 heteroatoms. The predicted octanol–water partition coefficient (Wildman–Crippen LogP) is 2.28. The molecule has 0 fully saturated rings. The van der Waals surface area contributed by atoms with Crippen LogP contribution in [0, 0.1) is 5.41 Å². The first-order valence-electron chi connectivity index (χ1n) is 7.62. The van der Waals surface area contributed by atoms with Crippen molar-refractivity contribution in [2.45, 2.75) is 59.7 Å². The third kappa shape index (κ3) is 4.34. The molecule has 2 N–H and O–H groups in total. The lowest BCUT2D eigenvalue weighted by molar-refractivity contribution is 0.181. The molecule has 1 aromatic heterocycles. The zero-order chi connectivity index (χ0) is 17.3. The summed E-state index contributed by atoms with van der Waals surface area (Å²) in [5.74, 6) is -0.229. The summed E-state index contributed by atoms with van der Waals surface area (Å²) in [5, 5.41) is 20.0. The Balaban J connectivity index is 3.61. The Morgan fingerprint density at radius 1 is 1.18 bits per heavy atom. The van der Waals surface area contributed by atoms with E-state index in [1.807, 2.05) is 23.6 Å². The van der Waals surface area contributed by atoms with Gasteiger partial charge in [-0.05, 0) is 39.8 Å². The molecule has 126 valence electrons. The van der Waals surface area contributed by atoms with Gasteiger partial charge >= 0.3 is 0 Å². The molecule has 22 heavy (non-hydrogen) atoms. The van der Waals surface area contributed by atoms with Gasteiger partial charge < -0.3 is 19.7 Å². The van der Waals surface area contributed by atoms with E-state index in [-0.39, 0.29) is 23.3 Å². The number of aromatic nitrogens is 1. The predicted molar refractivity (Wildman–Crippen MR) is 89.1 cm³/mol. The molecule has 0 aliphatic rings. The van der Waals surface area contributed by atoms with E-state index in [9.17, 15) is 15.0 Å². The quantitative estimate of drug-likeness (QED) is 0.875. The first-order chi connectivity index (χ1) is 9.89. The molecule has 1 aromatic rings. The minimum atomic E-state index is -0.441. The highest BCUT2D eigenvalue weighted by molar-refractivity contribution is 5.31. The van der Waals surface area contributed by atoms with E-state index in [1.54, 1.807) is 0 Å². The van der Waals surface area contributed by atoms with Crippen molar-refractivity contribution >= 4 is 0 Å². The molecule has 0 unspecified atom stereocenters. The SMILES string of the molecule is CN(C)Cc1c(O)c(=O)cc(CO)n1C(C)(C)CC(C)(C)C. The summed E-state index contributed by atoms with van der Waals surface area (Å²) in [7, 11) is 3.77. The van der Waals surface area contributed by atoms with Crippen LogP contribution in [0.25, 0.3) is 0 Å². The van der Waals surface area contributed by atoms with Crippen LogP contribution in [0.3, 0.4) is 0 Å². The van der Waals surface area contributed by atoms with E-state index < -0.39 is 5.43 Å². The Kier molecular flexibility index (Phi) is 5.47. The molecule has 0 aliphatic heterocycles. The average molecular weight is 310 g/mol. The zero-order valence-corrected chi connectivity index (χ0v) is 14.9. The summed E-state index contributed by atoms with van der Waals surface area (Å²) < 4.78 is 1.93. The van der Waals surface area contributed by atoms with Crippen molar-refractivity contribution < 1.29 is 10.2 Å². The highest BCUT2D eigenvalue weighted by Crippen LogP contribution is 2.35. The van der Waals surface area contributed by atoms with Gasteiger partial charge in [-0.1, -0.05) is 20.8 Å². The van der Waals surface area contributed by atoms with E-state index in [0.717, 1.165) is 6.42 Å². The summed E-state index contributed by atoms with van der Waals surface area (Å²) in [4.78, 5) is 13.9. The third-order valence-corrected chi connectivity index (χ3v) is 3.56. The second kappa shape index (κ2) is 6.42. The highest BCUT2D eigenvalue weighted by atomic mass is 16.3. The third-order valence-electron chi connectivity index (χ3n) is 3.56. The van der Waals surface area contributed by atoms with Crippen LogP contribution in [-0.4, -0.2) is 33.8 Å². The molecular weight excluding hydrogens is 280 g/mol. The highest BCUT2D eigenvalue weighted by Gasteiger charge is 2.31. The lowest BCUT2D eigenvalue weighted by Gasteiger charge is -2.39. The Labute approximate surface area is 133 Å². The van der Waals surface area contributed by atoms with E-state index in [1.165, 1.54) is 6.07 Å². The molecule has 5 nitrogen and oxygen atoms in total. The second-order valence-corrected chi connectivity index (χ2v) is 8.08. The lowest BCUT2D eigenvalue weighted by atomic mass is 9.81. The van der Waals surface area contributed by atoms with E-state index >= 15 is 0 Å². The molecule has 0 bridgehead atoms. The smallest absolute Gasteiger partial charge is 0.223 e. The summed E-state index contributed by atoms with van der Waals surface area (Å²) in [6, 6.07) is 1.33. The normalized spacial score (nSPS) is 13.0. The maximum absolute atomic E-state index is 12.0. The minimum Gasteiger partial charge on any atom is -0.503 e. The van der Waals surface area contributed by atoms with Gasteiger partial charge in [0.25, 0.3) is 0 Å². The number of hydrogen-bond acceptors (Lipinski definition) is 4. The van der Waals surface area contributed by atoms with Gasteiger partial charge in [0, 0.05) is 23.8 Å². The lowest BCUT2D eigenvalue weighted by Crippen LogP contribution is -2.37. The van der Waals surface area contributed by atoms with Crippen LogP contribution in [0.1, 0.15) is 52.4 Å². The van der Waals surface area contributed by atoms with Gasteiger partial charge in [-0.3, -0.25) is 4.79 Å². The van der Waals surface area contributed by atoms with Crippen molar-refractivity contribution in [2.75, 3.05) is 14.1 Å². The first-order valence-corrected chi connectivity index (χ1v) is 7.62. The molecule has 0 amide bonds. The second-order valence-electron chi connectivity index (χ2n) is 8.08. The van der Waals surface area contributed by atoms with Crippen molar-refractivity contribution in [1.82, 2.24) is 9.47 Å². The molecule has 0 spiro atoms. The Morgan fingerprint density at radius 2 is 1.73 bits per heavy atom. The van der Waals surface area contributed by atoms with Crippen molar-refractivity contribution in [3.8, 4) is 5.75 Å². The zero-order valence-electron chi connectivity index (χ0n) is 14.9. The van der Waals surface area contributed by atoms with Gasteiger partial charge in [-0.15, -0.1) is 0 Å². The van der Waals surface area contributed by atoms with Crippen LogP contribution >= 0.6 is 0 Å². The van der Waals surface area contributed by atoms with Gasteiger partial charge in [0.2, 0.25) is 5.43 Å². The van der Waals surface area contributed by atoms with E-state index in [2.05, 4.69) is 34.6 Å². The molecule has 0 saturated heterocycles. The average Bonchev–Trinajstić information content (AvgIpc) is 2.30. The van der Waals surface area contributed by atoms with Gasteiger partial charge in [-0.2, -0.15) is 0 Å². The fraction of sp³-hybridized carbons (Fsp3) is 0.706. The summed E-state index contributed by atoms with van der Waals surface area (Å²) >= 11 is 0.